The first-order chi connectivity index (χ1) is 10.6. The average Bonchev–Trinajstić information content (AvgIpc) is 2.53. The highest BCUT2D eigenvalue weighted by atomic mass is 16.1. The Kier molecular flexibility index (Phi) is 4.82. The van der Waals surface area contributed by atoms with Crippen molar-refractivity contribution in [3.63, 3.8) is 0 Å². The lowest BCUT2D eigenvalue weighted by atomic mass is 9.65. The van der Waals surface area contributed by atoms with Gasteiger partial charge in [0.05, 0.1) is 0 Å². The second kappa shape index (κ2) is 6.82. The summed E-state index contributed by atoms with van der Waals surface area (Å²) in [5, 5.41) is 3.10. The van der Waals surface area contributed by atoms with Gasteiger partial charge >= 0.3 is 0 Å². The van der Waals surface area contributed by atoms with E-state index in [1.54, 1.807) is 0 Å². The second-order valence-corrected chi connectivity index (χ2v) is 7.17. The molecule has 3 nitrogen and oxygen atoms in total. The molecule has 0 heterocycles. The van der Waals surface area contributed by atoms with E-state index in [1.165, 1.54) is 30.4 Å². The lowest BCUT2D eigenvalue weighted by molar-refractivity contribution is -0.125. The zero-order valence-electron chi connectivity index (χ0n) is 13.8. The maximum absolute atomic E-state index is 12.4. The van der Waals surface area contributed by atoms with E-state index in [0.717, 1.165) is 25.9 Å². The number of likely N-dealkylation sites (N-methyl/N-ethyl adjacent to an activating group) is 1. The Morgan fingerprint density at radius 1 is 1.23 bits per heavy atom. The third kappa shape index (κ3) is 3.35. The molecule has 0 aromatic carbocycles. The molecule has 0 aliphatic heterocycles. The minimum Gasteiger partial charge on any atom is -0.355 e. The van der Waals surface area contributed by atoms with E-state index in [4.69, 9.17) is 0 Å². The highest BCUT2D eigenvalue weighted by Gasteiger charge is 2.36. The lowest BCUT2D eigenvalue weighted by Gasteiger charge is -2.39. The van der Waals surface area contributed by atoms with Gasteiger partial charge < -0.3 is 10.2 Å². The molecule has 3 unspecified atom stereocenters. The first kappa shape index (κ1) is 15.5. The van der Waals surface area contributed by atoms with Gasteiger partial charge in [0.25, 0.3) is 0 Å². The van der Waals surface area contributed by atoms with Crippen molar-refractivity contribution >= 4 is 5.91 Å². The van der Waals surface area contributed by atoms with Gasteiger partial charge in [-0.1, -0.05) is 29.9 Å². The smallest absolute Gasteiger partial charge is 0.223 e. The van der Waals surface area contributed by atoms with Gasteiger partial charge in [-0.05, 0) is 63.6 Å². The molecule has 120 valence electrons. The van der Waals surface area contributed by atoms with Crippen LogP contribution in [0.2, 0.25) is 0 Å². The molecular formula is C19H28N2O. The SMILES string of the molecule is CN(C)CCNC(=O)C1CCC2C(=CC=C3C=CCCC32)C1. The standard InChI is InChI=1S/C19H28N2O/c1-21(2)12-11-20-19(22)16-9-10-18-15(13-16)8-7-14-5-3-4-6-17(14)18/h3,5,7-8,16-18H,4,6,9-13H2,1-2H3,(H,20,22). The number of carbonyl (C=O) groups excluding carboxylic acids is 1. The summed E-state index contributed by atoms with van der Waals surface area (Å²) in [5.41, 5.74) is 3.02. The monoisotopic (exact) mass is 300 g/mol. The van der Waals surface area contributed by atoms with Crippen LogP contribution in [0, 0.1) is 17.8 Å². The molecule has 1 saturated carbocycles. The van der Waals surface area contributed by atoms with E-state index in [1.807, 2.05) is 14.1 Å². The van der Waals surface area contributed by atoms with E-state index >= 15 is 0 Å². The van der Waals surface area contributed by atoms with Gasteiger partial charge in [-0.15, -0.1) is 0 Å². The van der Waals surface area contributed by atoms with Gasteiger partial charge in [0.2, 0.25) is 5.91 Å². The Balaban J connectivity index is 1.59. The van der Waals surface area contributed by atoms with Crippen molar-refractivity contribution in [2.24, 2.45) is 17.8 Å². The summed E-state index contributed by atoms with van der Waals surface area (Å²) in [6, 6.07) is 0. The van der Waals surface area contributed by atoms with Crippen molar-refractivity contribution < 1.29 is 4.79 Å². The molecule has 3 aliphatic carbocycles. The Morgan fingerprint density at radius 3 is 2.91 bits per heavy atom. The normalized spacial score (nSPS) is 30.2. The molecule has 3 heteroatoms. The summed E-state index contributed by atoms with van der Waals surface area (Å²) in [6.07, 6.45) is 14.9. The van der Waals surface area contributed by atoms with Crippen molar-refractivity contribution in [1.82, 2.24) is 10.2 Å². The Hall–Kier alpha value is -1.35. The maximum atomic E-state index is 12.4. The minimum atomic E-state index is 0.179. The molecule has 1 fully saturated rings. The van der Waals surface area contributed by atoms with Crippen molar-refractivity contribution in [3.8, 4) is 0 Å². The van der Waals surface area contributed by atoms with Gasteiger partial charge in [-0.2, -0.15) is 0 Å². The number of carbonyl (C=O) groups is 1. The third-order valence-electron chi connectivity index (χ3n) is 5.37. The van der Waals surface area contributed by atoms with Crippen LogP contribution in [0.15, 0.2) is 35.5 Å². The molecule has 1 N–H and O–H groups in total. The van der Waals surface area contributed by atoms with Crippen molar-refractivity contribution in [1.29, 1.82) is 0 Å². The predicted octanol–water partition coefficient (Wildman–Crippen LogP) is 2.91. The fourth-order valence-corrected chi connectivity index (χ4v) is 4.13. The van der Waals surface area contributed by atoms with Crippen molar-refractivity contribution in [2.75, 3.05) is 27.2 Å². The number of hydrogen-bond acceptors (Lipinski definition) is 2. The van der Waals surface area contributed by atoms with Gasteiger partial charge in [0.15, 0.2) is 0 Å². The molecular weight excluding hydrogens is 272 g/mol. The van der Waals surface area contributed by atoms with Crippen LogP contribution >= 0.6 is 0 Å². The van der Waals surface area contributed by atoms with Crippen LogP contribution in [0.1, 0.15) is 32.1 Å². The number of allylic oxidation sites excluding steroid dienone is 6. The second-order valence-electron chi connectivity index (χ2n) is 7.17. The van der Waals surface area contributed by atoms with Crippen LogP contribution in [0.25, 0.3) is 0 Å². The predicted molar refractivity (Wildman–Crippen MR) is 90.4 cm³/mol. The number of nitrogens with zero attached hydrogens (tertiary/aromatic N) is 1. The molecule has 3 aliphatic rings. The van der Waals surface area contributed by atoms with E-state index in [0.29, 0.717) is 11.8 Å². The fourth-order valence-electron chi connectivity index (χ4n) is 4.13. The lowest BCUT2D eigenvalue weighted by Crippen LogP contribution is -2.38. The van der Waals surface area contributed by atoms with Gasteiger partial charge in [0, 0.05) is 19.0 Å². The zero-order chi connectivity index (χ0) is 15.5. The van der Waals surface area contributed by atoms with Gasteiger partial charge in [-0.3, -0.25) is 4.79 Å². The van der Waals surface area contributed by atoms with Crippen molar-refractivity contribution in [2.45, 2.75) is 32.1 Å². The first-order valence-electron chi connectivity index (χ1n) is 8.65. The molecule has 3 rings (SSSR count). The molecule has 0 bridgehead atoms. The highest BCUT2D eigenvalue weighted by molar-refractivity contribution is 5.79. The molecule has 1 amide bonds. The number of hydrogen-bond donors (Lipinski definition) is 1. The van der Waals surface area contributed by atoms with Crippen molar-refractivity contribution in [3.05, 3.63) is 35.5 Å². The number of nitrogens with one attached hydrogen (secondary N) is 1. The molecule has 0 radical (unpaired) electrons. The van der Waals surface area contributed by atoms with Crippen LogP contribution in [0.4, 0.5) is 0 Å². The Bertz CT molecular complexity index is 516. The van der Waals surface area contributed by atoms with Crippen LogP contribution in [-0.4, -0.2) is 38.0 Å². The van der Waals surface area contributed by atoms with E-state index in [-0.39, 0.29) is 11.8 Å². The van der Waals surface area contributed by atoms with Crippen LogP contribution < -0.4 is 5.32 Å². The zero-order valence-corrected chi connectivity index (χ0v) is 13.8. The number of fused-ring (bicyclic) bond motifs is 3. The molecule has 3 atom stereocenters. The quantitative estimate of drug-likeness (QED) is 0.866. The Labute approximate surface area is 134 Å². The maximum Gasteiger partial charge on any atom is 0.223 e. The molecule has 0 spiro atoms. The number of amides is 1. The summed E-state index contributed by atoms with van der Waals surface area (Å²) in [5.74, 6) is 1.83. The van der Waals surface area contributed by atoms with E-state index < -0.39 is 0 Å². The summed E-state index contributed by atoms with van der Waals surface area (Å²) in [7, 11) is 4.07. The van der Waals surface area contributed by atoms with E-state index in [2.05, 4.69) is 34.5 Å². The first-order valence-corrected chi connectivity index (χ1v) is 8.65. The summed E-state index contributed by atoms with van der Waals surface area (Å²) in [4.78, 5) is 14.5. The molecule has 0 aromatic heterocycles. The van der Waals surface area contributed by atoms with Crippen LogP contribution in [-0.2, 0) is 4.79 Å². The summed E-state index contributed by atoms with van der Waals surface area (Å²) < 4.78 is 0. The fraction of sp³-hybridized carbons (Fsp3) is 0.632. The average molecular weight is 300 g/mol. The van der Waals surface area contributed by atoms with Gasteiger partial charge in [0.1, 0.15) is 0 Å². The highest BCUT2D eigenvalue weighted by Crippen LogP contribution is 2.46. The van der Waals surface area contributed by atoms with Gasteiger partial charge in [-0.25, -0.2) is 0 Å². The summed E-state index contributed by atoms with van der Waals surface area (Å²) >= 11 is 0. The summed E-state index contributed by atoms with van der Waals surface area (Å²) in [6.45, 7) is 1.66. The van der Waals surface area contributed by atoms with Crippen LogP contribution in [0.3, 0.4) is 0 Å². The van der Waals surface area contributed by atoms with Crippen LogP contribution in [0.5, 0.6) is 0 Å². The minimum absolute atomic E-state index is 0.179. The molecule has 22 heavy (non-hydrogen) atoms. The third-order valence-corrected chi connectivity index (χ3v) is 5.37. The largest absolute Gasteiger partial charge is 0.355 e. The van der Waals surface area contributed by atoms with E-state index in [9.17, 15) is 4.79 Å². The molecule has 0 saturated heterocycles. The Morgan fingerprint density at radius 2 is 2.09 bits per heavy atom. The molecule has 0 aromatic rings. The number of rotatable bonds is 4. The topological polar surface area (TPSA) is 32.3 Å².